The molecule has 0 spiro atoms. The summed E-state index contributed by atoms with van der Waals surface area (Å²) in [5.74, 6) is 0.691. The monoisotopic (exact) mass is 234 g/mol. The lowest BCUT2D eigenvalue weighted by molar-refractivity contribution is -0.128. The molecule has 0 atom stereocenters. The Labute approximate surface area is 101 Å². The molecule has 0 radical (unpaired) electrons. The van der Waals surface area contributed by atoms with Crippen molar-refractivity contribution in [2.75, 3.05) is 36.8 Å². The molecule has 1 aliphatic heterocycles. The Bertz CT molecular complexity index is 407. The standard InChI is InChI=1S/C12H18N4O/c1-10(17)15-5-2-6-16(8-7-15)11-3-4-14-12(13)9-11/h3-4,9H,2,5-8H2,1H3,(H2,13,14). The first-order valence-corrected chi connectivity index (χ1v) is 5.89. The van der Waals surface area contributed by atoms with Crippen LogP contribution < -0.4 is 10.6 Å². The van der Waals surface area contributed by atoms with Crippen LogP contribution >= 0.6 is 0 Å². The van der Waals surface area contributed by atoms with Gasteiger partial charge >= 0.3 is 0 Å². The van der Waals surface area contributed by atoms with Gasteiger partial charge in [-0.3, -0.25) is 4.79 Å². The van der Waals surface area contributed by atoms with Gasteiger partial charge in [0, 0.05) is 51.1 Å². The van der Waals surface area contributed by atoms with Crippen molar-refractivity contribution in [3.05, 3.63) is 18.3 Å². The number of nitrogens with two attached hydrogens (primary N) is 1. The fraction of sp³-hybridized carbons (Fsp3) is 0.500. The zero-order valence-electron chi connectivity index (χ0n) is 10.1. The molecule has 5 heteroatoms. The molecule has 0 aliphatic carbocycles. The van der Waals surface area contributed by atoms with Gasteiger partial charge in [0.1, 0.15) is 5.82 Å². The van der Waals surface area contributed by atoms with Crippen molar-refractivity contribution in [3.63, 3.8) is 0 Å². The second kappa shape index (κ2) is 5.03. The number of hydrogen-bond acceptors (Lipinski definition) is 4. The summed E-state index contributed by atoms with van der Waals surface area (Å²) in [4.78, 5) is 19.5. The Morgan fingerprint density at radius 3 is 2.88 bits per heavy atom. The summed E-state index contributed by atoms with van der Waals surface area (Å²) in [5.41, 5.74) is 6.76. The molecule has 17 heavy (non-hydrogen) atoms. The van der Waals surface area contributed by atoms with Crippen molar-refractivity contribution in [1.29, 1.82) is 0 Å². The lowest BCUT2D eigenvalue weighted by Crippen LogP contribution is -2.33. The molecule has 2 rings (SSSR count). The highest BCUT2D eigenvalue weighted by atomic mass is 16.2. The minimum atomic E-state index is 0.154. The van der Waals surface area contributed by atoms with E-state index in [9.17, 15) is 4.79 Å². The van der Waals surface area contributed by atoms with E-state index in [0.717, 1.165) is 38.3 Å². The van der Waals surface area contributed by atoms with Gasteiger partial charge in [-0.1, -0.05) is 0 Å². The fourth-order valence-electron chi connectivity index (χ4n) is 2.12. The van der Waals surface area contributed by atoms with Gasteiger partial charge in [-0.25, -0.2) is 4.98 Å². The number of anilines is 2. The maximum absolute atomic E-state index is 11.3. The molecular weight excluding hydrogens is 216 g/mol. The molecule has 1 aromatic rings. The van der Waals surface area contributed by atoms with E-state index in [4.69, 9.17) is 5.73 Å². The summed E-state index contributed by atoms with van der Waals surface area (Å²) in [6.07, 6.45) is 2.71. The minimum Gasteiger partial charge on any atom is -0.384 e. The predicted molar refractivity (Wildman–Crippen MR) is 67.7 cm³/mol. The molecule has 2 N–H and O–H groups in total. The van der Waals surface area contributed by atoms with E-state index in [2.05, 4.69) is 9.88 Å². The zero-order chi connectivity index (χ0) is 12.3. The Morgan fingerprint density at radius 1 is 1.35 bits per heavy atom. The van der Waals surface area contributed by atoms with Crippen LogP contribution in [0.5, 0.6) is 0 Å². The second-order valence-electron chi connectivity index (χ2n) is 4.29. The summed E-state index contributed by atoms with van der Waals surface area (Å²) >= 11 is 0. The molecule has 1 amide bonds. The van der Waals surface area contributed by atoms with Crippen LogP contribution in [0, 0.1) is 0 Å². The fourth-order valence-corrected chi connectivity index (χ4v) is 2.12. The van der Waals surface area contributed by atoms with Crippen LogP contribution in [0.4, 0.5) is 11.5 Å². The zero-order valence-corrected chi connectivity index (χ0v) is 10.1. The van der Waals surface area contributed by atoms with Crippen LogP contribution in [-0.4, -0.2) is 42.0 Å². The quantitative estimate of drug-likeness (QED) is 0.778. The van der Waals surface area contributed by atoms with E-state index >= 15 is 0 Å². The van der Waals surface area contributed by atoms with Crippen molar-refractivity contribution in [3.8, 4) is 0 Å². The van der Waals surface area contributed by atoms with Crippen LogP contribution in [0.2, 0.25) is 0 Å². The van der Waals surface area contributed by atoms with E-state index in [0.29, 0.717) is 5.82 Å². The lowest BCUT2D eigenvalue weighted by Gasteiger charge is -2.23. The van der Waals surface area contributed by atoms with Crippen molar-refractivity contribution in [2.24, 2.45) is 0 Å². The maximum Gasteiger partial charge on any atom is 0.219 e. The molecule has 5 nitrogen and oxygen atoms in total. The Balaban J connectivity index is 2.06. The highest BCUT2D eigenvalue weighted by molar-refractivity contribution is 5.73. The van der Waals surface area contributed by atoms with Gasteiger partial charge in [0.2, 0.25) is 5.91 Å². The van der Waals surface area contributed by atoms with Crippen molar-refractivity contribution in [1.82, 2.24) is 9.88 Å². The number of carbonyl (C=O) groups is 1. The van der Waals surface area contributed by atoms with E-state index in [1.807, 2.05) is 17.0 Å². The normalized spacial score (nSPS) is 16.8. The molecule has 92 valence electrons. The molecule has 1 saturated heterocycles. The van der Waals surface area contributed by atoms with Gasteiger partial charge in [-0.2, -0.15) is 0 Å². The summed E-state index contributed by atoms with van der Waals surface area (Å²) in [6.45, 7) is 5.04. The van der Waals surface area contributed by atoms with Crippen LogP contribution in [0.15, 0.2) is 18.3 Å². The number of rotatable bonds is 1. The van der Waals surface area contributed by atoms with Crippen LogP contribution in [0.1, 0.15) is 13.3 Å². The van der Waals surface area contributed by atoms with Gasteiger partial charge in [0.25, 0.3) is 0 Å². The number of carbonyl (C=O) groups excluding carboxylic acids is 1. The number of nitrogens with zero attached hydrogens (tertiary/aromatic N) is 3. The molecule has 1 aromatic heterocycles. The average Bonchev–Trinajstić information content (AvgIpc) is 2.54. The van der Waals surface area contributed by atoms with Gasteiger partial charge in [0.05, 0.1) is 0 Å². The third-order valence-corrected chi connectivity index (χ3v) is 3.07. The molecule has 2 heterocycles. The molecule has 0 aromatic carbocycles. The molecule has 1 fully saturated rings. The van der Waals surface area contributed by atoms with E-state index in [-0.39, 0.29) is 5.91 Å². The third-order valence-electron chi connectivity index (χ3n) is 3.07. The first-order valence-electron chi connectivity index (χ1n) is 5.89. The summed E-state index contributed by atoms with van der Waals surface area (Å²) in [6, 6.07) is 3.84. The van der Waals surface area contributed by atoms with Crippen LogP contribution in [0.25, 0.3) is 0 Å². The smallest absolute Gasteiger partial charge is 0.219 e. The van der Waals surface area contributed by atoms with Crippen molar-refractivity contribution in [2.45, 2.75) is 13.3 Å². The van der Waals surface area contributed by atoms with Gasteiger partial charge in [0.15, 0.2) is 0 Å². The Morgan fingerprint density at radius 2 is 2.18 bits per heavy atom. The minimum absolute atomic E-state index is 0.154. The summed E-state index contributed by atoms with van der Waals surface area (Å²) in [5, 5.41) is 0. The summed E-state index contributed by atoms with van der Waals surface area (Å²) in [7, 11) is 0. The lowest BCUT2D eigenvalue weighted by atomic mass is 10.3. The number of nitrogen functional groups attached to an aromatic ring is 1. The Hall–Kier alpha value is -1.78. The molecule has 0 unspecified atom stereocenters. The van der Waals surface area contributed by atoms with Gasteiger partial charge < -0.3 is 15.5 Å². The largest absolute Gasteiger partial charge is 0.384 e. The van der Waals surface area contributed by atoms with Crippen molar-refractivity contribution >= 4 is 17.4 Å². The summed E-state index contributed by atoms with van der Waals surface area (Å²) < 4.78 is 0. The SMILES string of the molecule is CC(=O)N1CCCN(c2ccnc(N)c2)CC1. The van der Waals surface area contributed by atoms with Crippen LogP contribution in [0.3, 0.4) is 0 Å². The first-order chi connectivity index (χ1) is 8.16. The third kappa shape index (κ3) is 2.87. The second-order valence-corrected chi connectivity index (χ2v) is 4.29. The number of pyridine rings is 1. The van der Waals surface area contributed by atoms with Crippen molar-refractivity contribution < 1.29 is 4.79 Å². The molecule has 1 aliphatic rings. The highest BCUT2D eigenvalue weighted by Gasteiger charge is 2.16. The number of hydrogen-bond donors (Lipinski definition) is 1. The molecular formula is C12H18N4O. The van der Waals surface area contributed by atoms with Gasteiger partial charge in [-0.05, 0) is 12.5 Å². The van der Waals surface area contributed by atoms with E-state index in [1.54, 1.807) is 13.1 Å². The number of amides is 1. The topological polar surface area (TPSA) is 62.5 Å². The van der Waals surface area contributed by atoms with E-state index in [1.165, 1.54) is 0 Å². The van der Waals surface area contributed by atoms with Gasteiger partial charge in [-0.15, -0.1) is 0 Å². The highest BCUT2D eigenvalue weighted by Crippen LogP contribution is 2.17. The average molecular weight is 234 g/mol. The van der Waals surface area contributed by atoms with E-state index < -0.39 is 0 Å². The maximum atomic E-state index is 11.3. The molecule has 0 saturated carbocycles. The first kappa shape index (κ1) is 11.7. The Kier molecular flexibility index (Phi) is 3.46. The molecule has 0 bridgehead atoms. The van der Waals surface area contributed by atoms with Crippen LogP contribution in [-0.2, 0) is 4.79 Å². The number of aromatic nitrogens is 1. The predicted octanol–water partition coefficient (Wildman–Crippen LogP) is 0.722.